The van der Waals surface area contributed by atoms with Crippen LogP contribution in [0.2, 0.25) is 0 Å². The first kappa shape index (κ1) is 17.1. The summed E-state index contributed by atoms with van der Waals surface area (Å²) >= 11 is 1.50. The van der Waals surface area contributed by atoms with Gasteiger partial charge in [0.2, 0.25) is 0 Å². The van der Waals surface area contributed by atoms with E-state index < -0.39 is 6.23 Å². The zero-order valence-corrected chi connectivity index (χ0v) is 14.3. The Labute approximate surface area is 144 Å². The molecule has 0 aliphatic heterocycles. The molecule has 0 spiro atoms. The molecule has 2 aromatic rings. The monoisotopic (exact) mass is 349 g/mol. The average molecular weight is 349 g/mol. The highest BCUT2D eigenvalue weighted by atomic mass is 32.1. The molecule has 24 heavy (non-hydrogen) atoms. The third-order valence-corrected chi connectivity index (χ3v) is 5.12. The second kappa shape index (κ2) is 7.87. The maximum atomic E-state index is 12.5. The Morgan fingerprint density at radius 1 is 1.46 bits per heavy atom. The van der Waals surface area contributed by atoms with Gasteiger partial charge in [0.1, 0.15) is 11.9 Å². The van der Waals surface area contributed by atoms with Crippen molar-refractivity contribution < 1.29 is 9.90 Å². The predicted molar refractivity (Wildman–Crippen MR) is 91.3 cm³/mol. The first-order valence-electron chi connectivity index (χ1n) is 8.30. The van der Waals surface area contributed by atoms with Crippen LogP contribution >= 0.6 is 11.3 Å². The van der Waals surface area contributed by atoms with Crippen LogP contribution < -0.4 is 11.1 Å². The van der Waals surface area contributed by atoms with E-state index in [4.69, 9.17) is 5.73 Å². The van der Waals surface area contributed by atoms with E-state index in [0.717, 1.165) is 18.5 Å². The number of carbonyl (C=O) groups excluding carboxylic acids is 1. The summed E-state index contributed by atoms with van der Waals surface area (Å²) < 4.78 is 1.52. The molecule has 130 valence electrons. The van der Waals surface area contributed by atoms with E-state index in [0.29, 0.717) is 11.5 Å². The molecule has 0 bridgehead atoms. The second-order valence-electron chi connectivity index (χ2n) is 6.29. The lowest BCUT2D eigenvalue weighted by Gasteiger charge is -2.29. The number of thiophene rings is 1. The summed E-state index contributed by atoms with van der Waals surface area (Å²) in [4.78, 5) is 12.5. The summed E-state index contributed by atoms with van der Waals surface area (Å²) in [7, 11) is 0. The van der Waals surface area contributed by atoms with Crippen LogP contribution in [0.5, 0.6) is 0 Å². The molecule has 0 radical (unpaired) electrons. The van der Waals surface area contributed by atoms with Crippen LogP contribution in [0.4, 0.5) is 0 Å². The van der Waals surface area contributed by atoms with Gasteiger partial charge in [0.15, 0.2) is 0 Å². The highest BCUT2D eigenvalue weighted by molar-refractivity contribution is 7.08. The molecule has 1 aliphatic rings. The van der Waals surface area contributed by atoms with Crippen molar-refractivity contribution >= 4 is 17.2 Å². The first-order valence-corrected chi connectivity index (χ1v) is 9.24. The molecule has 1 aliphatic carbocycles. The van der Waals surface area contributed by atoms with Crippen LogP contribution in [0.3, 0.4) is 0 Å². The number of rotatable bonds is 6. The minimum atomic E-state index is -0.979. The summed E-state index contributed by atoms with van der Waals surface area (Å²) in [6, 6.07) is 1.65. The molecule has 1 fully saturated rings. The van der Waals surface area contributed by atoms with E-state index in [-0.39, 0.29) is 18.5 Å². The second-order valence-corrected chi connectivity index (χ2v) is 7.07. The number of nitrogens with two attached hydrogens (primary N) is 1. The molecule has 0 aromatic carbocycles. The van der Waals surface area contributed by atoms with E-state index in [1.807, 2.05) is 16.8 Å². The number of carbonyl (C=O) groups is 1. The largest absolute Gasteiger partial charge is 0.377 e. The van der Waals surface area contributed by atoms with Gasteiger partial charge in [-0.1, -0.05) is 24.5 Å². The summed E-state index contributed by atoms with van der Waals surface area (Å²) in [6.45, 7) is 0.183. The minimum Gasteiger partial charge on any atom is -0.377 e. The van der Waals surface area contributed by atoms with Gasteiger partial charge in [-0.15, -0.1) is 5.10 Å². The summed E-state index contributed by atoms with van der Waals surface area (Å²) in [5.74, 6) is 0.273. The molecule has 1 unspecified atom stereocenters. The van der Waals surface area contributed by atoms with Crippen molar-refractivity contribution in [3.05, 3.63) is 34.3 Å². The standard InChI is InChI=1S/C16H23N5O2S/c17-14(22)9-21-8-13(19-20-21)15(11-4-2-1-3-5-11)18-16(23)12-6-7-24-10-12/h6-8,10-11,14-15,22H,1-5,9,17H2,(H,18,23)/t14?,15-/m0/s1. The highest BCUT2D eigenvalue weighted by Crippen LogP contribution is 2.34. The smallest absolute Gasteiger partial charge is 0.252 e. The molecule has 0 saturated heterocycles. The molecular weight excluding hydrogens is 326 g/mol. The van der Waals surface area contributed by atoms with Gasteiger partial charge >= 0.3 is 0 Å². The Balaban J connectivity index is 1.78. The first-order chi connectivity index (χ1) is 11.6. The summed E-state index contributed by atoms with van der Waals surface area (Å²) in [5, 5.41) is 24.4. The van der Waals surface area contributed by atoms with E-state index in [1.165, 1.54) is 35.3 Å². The molecule has 7 nitrogen and oxygen atoms in total. The third kappa shape index (κ3) is 4.19. The lowest BCUT2D eigenvalue weighted by atomic mass is 9.82. The molecule has 2 heterocycles. The van der Waals surface area contributed by atoms with Crippen molar-refractivity contribution in [2.75, 3.05) is 0 Å². The lowest BCUT2D eigenvalue weighted by molar-refractivity contribution is 0.0911. The van der Waals surface area contributed by atoms with Crippen LogP contribution in [0.1, 0.15) is 54.2 Å². The summed E-state index contributed by atoms with van der Waals surface area (Å²) in [5.41, 5.74) is 6.80. The fraction of sp³-hybridized carbons (Fsp3) is 0.562. The maximum Gasteiger partial charge on any atom is 0.252 e. The number of nitrogens with zero attached hydrogens (tertiary/aromatic N) is 3. The zero-order chi connectivity index (χ0) is 16.9. The molecule has 4 N–H and O–H groups in total. The average Bonchev–Trinajstić information content (AvgIpc) is 3.24. The highest BCUT2D eigenvalue weighted by Gasteiger charge is 2.29. The number of amides is 1. The van der Waals surface area contributed by atoms with Gasteiger partial charge in [0.05, 0.1) is 24.3 Å². The van der Waals surface area contributed by atoms with Crippen LogP contribution in [0.25, 0.3) is 0 Å². The Morgan fingerprint density at radius 2 is 2.25 bits per heavy atom. The Kier molecular flexibility index (Phi) is 5.60. The number of aliphatic hydroxyl groups is 1. The fourth-order valence-corrected chi connectivity index (χ4v) is 3.89. The normalized spacial score (nSPS) is 18.2. The van der Waals surface area contributed by atoms with Crippen molar-refractivity contribution in [3.8, 4) is 0 Å². The number of aliphatic hydroxyl groups excluding tert-OH is 1. The Bertz CT molecular complexity index is 649. The van der Waals surface area contributed by atoms with E-state index >= 15 is 0 Å². The number of hydrogen-bond donors (Lipinski definition) is 3. The van der Waals surface area contributed by atoms with Crippen molar-refractivity contribution in [1.82, 2.24) is 20.3 Å². The van der Waals surface area contributed by atoms with Crippen LogP contribution in [0, 0.1) is 5.92 Å². The van der Waals surface area contributed by atoms with Gasteiger partial charge in [-0.3, -0.25) is 4.79 Å². The van der Waals surface area contributed by atoms with Crippen LogP contribution in [-0.4, -0.2) is 32.2 Å². The van der Waals surface area contributed by atoms with Crippen LogP contribution in [0.15, 0.2) is 23.0 Å². The fourth-order valence-electron chi connectivity index (χ4n) is 3.26. The van der Waals surface area contributed by atoms with Crippen LogP contribution in [-0.2, 0) is 6.54 Å². The van der Waals surface area contributed by atoms with E-state index in [2.05, 4.69) is 15.6 Å². The van der Waals surface area contributed by atoms with Gasteiger partial charge in [-0.2, -0.15) is 11.3 Å². The molecule has 1 amide bonds. The summed E-state index contributed by atoms with van der Waals surface area (Å²) in [6.07, 6.45) is 6.52. The zero-order valence-electron chi connectivity index (χ0n) is 13.5. The lowest BCUT2D eigenvalue weighted by Crippen LogP contribution is -2.34. The predicted octanol–water partition coefficient (Wildman–Crippen LogP) is 1.67. The Hall–Kier alpha value is -1.77. The van der Waals surface area contributed by atoms with E-state index in [1.54, 1.807) is 6.20 Å². The minimum absolute atomic E-state index is 0.0831. The van der Waals surface area contributed by atoms with Crippen molar-refractivity contribution in [2.24, 2.45) is 11.7 Å². The Morgan fingerprint density at radius 3 is 2.92 bits per heavy atom. The van der Waals surface area contributed by atoms with Gasteiger partial charge < -0.3 is 16.2 Å². The quantitative estimate of drug-likeness (QED) is 0.688. The number of hydrogen-bond acceptors (Lipinski definition) is 6. The molecule has 2 aromatic heterocycles. The maximum absolute atomic E-state index is 12.5. The molecule has 2 atom stereocenters. The molecule has 3 rings (SSSR count). The van der Waals surface area contributed by atoms with Gasteiger partial charge in [0, 0.05) is 5.38 Å². The van der Waals surface area contributed by atoms with Crippen molar-refractivity contribution in [1.29, 1.82) is 0 Å². The van der Waals surface area contributed by atoms with Gasteiger partial charge in [0.25, 0.3) is 5.91 Å². The molecular formula is C16H23N5O2S. The van der Waals surface area contributed by atoms with Crippen molar-refractivity contribution in [3.63, 3.8) is 0 Å². The number of aromatic nitrogens is 3. The van der Waals surface area contributed by atoms with E-state index in [9.17, 15) is 9.90 Å². The van der Waals surface area contributed by atoms with Crippen molar-refractivity contribution in [2.45, 2.75) is 50.9 Å². The molecule has 1 saturated carbocycles. The molecule has 8 heteroatoms. The number of nitrogens with one attached hydrogen (secondary N) is 1. The van der Waals surface area contributed by atoms with Gasteiger partial charge in [-0.25, -0.2) is 4.68 Å². The SMILES string of the molecule is NC(O)Cn1cc([C@@H](NC(=O)c2ccsc2)C2CCCCC2)nn1. The topological polar surface area (TPSA) is 106 Å². The van der Waals surface area contributed by atoms with Gasteiger partial charge in [-0.05, 0) is 30.2 Å². The third-order valence-electron chi connectivity index (χ3n) is 4.44.